The van der Waals surface area contributed by atoms with Gasteiger partial charge in [-0.25, -0.2) is 9.97 Å². The van der Waals surface area contributed by atoms with Gasteiger partial charge in [0, 0.05) is 23.7 Å². The first-order valence-corrected chi connectivity index (χ1v) is 10.9. The van der Waals surface area contributed by atoms with Crippen LogP contribution in [-0.4, -0.2) is 53.6 Å². The maximum Gasteiger partial charge on any atom is 0.238 e. The van der Waals surface area contributed by atoms with Gasteiger partial charge < -0.3 is 15.0 Å². The van der Waals surface area contributed by atoms with Crippen LogP contribution in [0, 0.1) is 0 Å². The predicted octanol–water partition coefficient (Wildman–Crippen LogP) is 4.00. The van der Waals surface area contributed by atoms with Crippen molar-refractivity contribution in [2.75, 3.05) is 43.0 Å². The van der Waals surface area contributed by atoms with E-state index in [1.807, 2.05) is 25.1 Å². The summed E-state index contributed by atoms with van der Waals surface area (Å²) in [6.45, 7) is 9.39. The van der Waals surface area contributed by atoms with E-state index < -0.39 is 0 Å². The number of fused-ring (bicyclic) bond motifs is 2. The molecule has 162 valence electrons. The maximum absolute atomic E-state index is 12.7. The number of likely N-dealkylation sites (N-methyl/N-ethyl adjacent to an activating group) is 1. The molecule has 0 radical (unpaired) electrons. The number of aromatic nitrogens is 2. The molecule has 2 aromatic carbocycles. The van der Waals surface area contributed by atoms with E-state index in [2.05, 4.69) is 57.1 Å². The first-order valence-electron chi connectivity index (χ1n) is 10.9. The van der Waals surface area contributed by atoms with Crippen LogP contribution in [0.3, 0.4) is 0 Å². The molecule has 0 unspecified atom stereocenters. The van der Waals surface area contributed by atoms with E-state index in [1.165, 1.54) is 11.3 Å². The molecule has 2 heterocycles. The Bertz CT molecular complexity index is 1080. The first kappa shape index (κ1) is 21.1. The van der Waals surface area contributed by atoms with Crippen LogP contribution < -0.4 is 15.0 Å². The lowest BCUT2D eigenvalue weighted by Gasteiger charge is -2.21. The monoisotopic (exact) mass is 419 g/mol. The summed E-state index contributed by atoms with van der Waals surface area (Å²) >= 11 is 0. The number of carbonyl (C=O) groups is 1. The van der Waals surface area contributed by atoms with Crippen molar-refractivity contribution in [2.24, 2.45) is 0 Å². The second kappa shape index (κ2) is 9.31. The van der Waals surface area contributed by atoms with Crippen LogP contribution in [0.25, 0.3) is 10.9 Å². The van der Waals surface area contributed by atoms with Gasteiger partial charge in [0.05, 0.1) is 24.4 Å². The van der Waals surface area contributed by atoms with E-state index >= 15 is 0 Å². The average Bonchev–Trinajstić information content (AvgIpc) is 3.21. The Balaban J connectivity index is 1.73. The molecule has 0 bridgehead atoms. The lowest BCUT2D eigenvalue weighted by molar-refractivity contribution is -0.117. The summed E-state index contributed by atoms with van der Waals surface area (Å²) in [5.74, 6) is 1.40. The van der Waals surface area contributed by atoms with E-state index in [0.29, 0.717) is 24.6 Å². The van der Waals surface area contributed by atoms with E-state index in [-0.39, 0.29) is 5.91 Å². The molecule has 1 amide bonds. The van der Waals surface area contributed by atoms with Crippen molar-refractivity contribution in [3.63, 3.8) is 0 Å². The minimum Gasteiger partial charge on any atom is -0.492 e. The van der Waals surface area contributed by atoms with Crippen molar-refractivity contribution >= 4 is 34.0 Å². The van der Waals surface area contributed by atoms with Gasteiger partial charge in [0.2, 0.25) is 5.91 Å². The second-order valence-electron chi connectivity index (χ2n) is 7.54. The number of amides is 1. The van der Waals surface area contributed by atoms with Gasteiger partial charge in [-0.2, -0.15) is 0 Å². The molecule has 3 aromatic rings. The molecule has 0 spiro atoms. The van der Waals surface area contributed by atoms with E-state index in [4.69, 9.17) is 4.74 Å². The Morgan fingerprint density at radius 1 is 1.16 bits per heavy atom. The highest BCUT2D eigenvalue weighted by atomic mass is 16.5. The second-order valence-corrected chi connectivity index (χ2v) is 7.54. The van der Waals surface area contributed by atoms with Gasteiger partial charge in [-0.1, -0.05) is 32.0 Å². The number of para-hydroxylation sites is 1. The van der Waals surface area contributed by atoms with Gasteiger partial charge in [-0.3, -0.25) is 9.69 Å². The average molecular weight is 420 g/mol. The quantitative estimate of drug-likeness (QED) is 0.595. The van der Waals surface area contributed by atoms with Crippen LogP contribution in [0.1, 0.15) is 26.3 Å². The fraction of sp³-hybridized carbons (Fsp3) is 0.375. The molecule has 31 heavy (non-hydrogen) atoms. The summed E-state index contributed by atoms with van der Waals surface area (Å²) < 4.78 is 5.82. The third-order valence-electron chi connectivity index (χ3n) is 5.69. The van der Waals surface area contributed by atoms with Crippen LogP contribution in [0.4, 0.5) is 17.2 Å². The standard InChI is InChI=1S/C24H29N5O2/c1-4-28(5-2)15-23(30)27-20-13-18-19(14-22(20)31-6-3)25-16-26-24(18)29-12-11-17-9-7-8-10-21(17)29/h7-10,13-14,16H,4-6,11-12,15H2,1-3H3,(H,27,30). The zero-order chi connectivity index (χ0) is 21.8. The molecule has 7 nitrogen and oxygen atoms in total. The van der Waals surface area contributed by atoms with Crippen molar-refractivity contribution in [2.45, 2.75) is 27.2 Å². The van der Waals surface area contributed by atoms with E-state index in [0.717, 1.165) is 42.8 Å². The molecule has 7 heteroatoms. The van der Waals surface area contributed by atoms with Crippen molar-refractivity contribution in [3.8, 4) is 5.75 Å². The van der Waals surface area contributed by atoms with Crippen molar-refractivity contribution in [3.05, 3.63) is 48.3 Å². The molecule has 0 fully saturated rings. The summed E-state index contributed by atoms with van der Waals surface area (Å²) in [6.07, 6.45) is 2.57. The molecule has 1 aliphatic heterocycles. The summed E-state index contributed by atoms with van der Waals surface area (Å²) in [5, 5.41) is 3.93. The van der Waals surface area contributed by atoms with E-state index in [9.17, 15) is 4.79 Å². The Hall–Kier alpha value is -3.19. The number of nitrogens with zero attached hydrogens (tertiary/aromatic N) is 4. The van der Waals surface area contributed by atoms with Gasteiger partial charge in [0.25, 0.3) is 0 Å². The van der Waals surface area contributed by atoms with Crippen molar-refractivity contribution in [1.29, 1.82) is 0 Å². The SMILES string of the molecule is CCOc1cc2ncnc(N3CCc4ccccc43)c2cc1NC(=O)CN(CC)CC. The number of benzene rings is 2. The fourth-order valence-electron chi connectivity index (χ4n) is 4.06. The smallest absolute Gasteiger partial charge is 0.238 e. The normalized spacial score (nSPS) is 13.0. The van der Waals surface area contributed by atoms with Crippen LogP contribution >= 0.6 is 0 Å². The zero-order valence-electron chi connectivity index (χ0n) is 18.4. The number of hydrogen-bond acceptors (Lipinski definition) is 6. The minimum absolute atomic E-state index is 0.0612. The van der Waals surface area contributed by atoms with Gasteiger partial charge >= 0.3 is 0 Å². The summed E-state index contributed by atoms with van der Waals surface area (Å²) in [7, 11) is 0. The topological polar surface area (TPSA) is 70.6 Å². The van der Waals surface area contributed by atoms with Crippen LogP contribution in [0.15, 0.2) is 42.7 Å². The number of carbonyl (C=O) groups excluding carboxylic acids is 1. The highest BCUT2D eigenvalue weighted by molar-refractivity contribution is 6.00. The Morgan fingerprint density at radius 3 is 2.74 bits per heavy atom. The highest BCUT2D eigenvalue weighted by Gasteiger charge is 2.23. The first-order chi connectivity index (χ1) is 15.1. The summed E-state index contributed by atoms with van der Waals surface area (Å²) in [5.41, 5.74) is 3.92. The van der Waals surface area contributed by atoms with E-state index in [1.54, 1.807) is 6.33 Å². The van der Waals surface area contributed by atoms with Crippen LogP contribution in [0.5, 0.6) is 5.75 Å². The van der Waals surface area contributed by atoms with Crippen LogP contribution in [-0.2, 0) is 11.2 Å². The predicted molar refractivity (Wildman–Crippen MR) is 124 cm³/mol. The third kappa shape index (κ3) is 4.32. The molecule has 0 saturated heterocycles. The molecular formula is C24H29N5O2. The summed E-state index contributed by atoms with van der Waals surface area (Å²) in [6, 6.07) is 12.2. The number of ether oxygens (including phenoxy) is 1. The molecule has 0 aliphatic carbocycles. The lowest BCUT2D eigenvalue weighted by atomic mass is 10.1. The molecular weight excluding hydrogens is 390 g/mol. The lowest BCUT2D eigenvalue weighted by Crippen LogP contribution is -2.33. The molecule has 0 saturated carbocycles. The number of nitrogens with one attached hydrogen (secondary N) is 1. The van der Waals surface area contributed by atoms with Crippen LogP contribution in [0.2, 0.25) is 0 Å². The highest BCUT2D eigenvalue weighted by Crippen LogP contribution is 2.39. The molecule has 1 aromatic heterocycles. The molecule has 0 atom stereocenters. The fourth-order valence-corrected chi connectivity index (χ4v) is 4.06. The molecule has 1 aliphatic rings. The minimum atomic E-state index is -0.0612. The van der Waals surface area contributed by atoms with Gasteiger partial charge in [0.15, 0.2) is 0 Å². The number of anilines is 3. The zero-order valence-corrected chi connectivity index (χ0v) is 18.4. The largest absolute Gasteiger partial charge is 0.492 e. The Morgan fingerprint density at radius 2 is 1.97 bits per heavy atom. The summed E-state index contributed by atoms with van der Waals surface area (Å²) in [4.78, 5) is 26.1. The molecule has 4 rings (SSSR count). The number of rotatable bonds is 8. The van der Waals surface area contributed by atoms with Crippen molar-refractivity contribution < 1.29 is 9.53 Å². The van der Waals surface area contributed by atoms with Gasteiger partial charge in [-0.15, -0.1) is 0 Å². The molecule has 1 N–H and O–H groups in total. The van der Waals surface area contributed by atoms with Crippen molar-refractivity contribution in [1.82, 2.24) is 14.9 Å². The van der Waals surface area contributed by atoms with Gasteiger partial charge in [-0.05, 0) is 44.1 Å². The maximum atomic E-state index is 12.7. The number of hydrogen-bond donors (Lipinski definition) is 1. The Labute approximate surface area is 183 Å². The Kier molecular flexibility index (Phi) is 6.32. The van der Waals surface area contributed by atoms with Gasteiger partial charge in [0.1, 0.15) is 17.9 Å². The third-order valence-corrected chi connectivity index (χ3v) is 5.69.